The van der Waals surface area contributed by atoms with Crippen LogP contribution in [0, 0.1) is 0 Å². The molecule has 108 valence electrons. The zero-order valence-corrected chi connectivity index (χ0v) is 12.3. The molecular formula is C19H21NO. The molecule has 0 saturated carbocycles. The summed E-state index contributed by atoms with van der Waals surface area (Å²) in [5.41, 5.74) is 2.28. The molecule has 1 N–H and O–H groups in total. The van der Waals surface area contributed by atoms with Crippen molar-refractivity contribution in [3.8, 4) is 0 Å². The number of rotatable bonds is 6. The fourth-order valence-corrected chi connectivity index (χ4v) is 2.18. The molecule has 0 spiro atoms. The van der Waals surface area contributed by atoms with Gasteiger partial charge in [-0.2, -0.15) is 0 Å². The van der Waals surface area contributed by atoms with Crippen LogP contribution in [0.1, 0.15) is 24.5 Å². The summed E-state index contributed by atoms with van der Waals surface area (Å²) in [4.78, 5) is 12.0. The van der Waals surface area contributed by atoms with Gasteiger partial charge in [0.15, 0.2) is 0 Å². The summed E-state index contributed by atoms with van der Waals surface area (Å²) in [6.07, 6.45) is 5.22. The van der Waals surface area contributed by atoms with E-state index in [1.165, 1.54) is 5.56 Å². The Hall–Kier alpha value is -2.35. The smallest absolute Gasteiger partial charge is 0.244 e. The van der Waals surface area contributed by atoms with Gasteiger partial charge in [-0.25, -0.2) is 0 Å². The largest absolute Gasteiger partial charge is 0.349 e. The molecule has 0 aromatic heterocycles. The normalized spacial score (nSPS) is 12.2. The first kappa shape index (κ1) is 15.0. The van der Waals surface area contributed by atoms with Gasteiger partial charge in [0.1, 0.15) is 0 Å². The molecule has 0 heterocycles. The van der Waals surface area contributed by atoms with Crippen LogP contribution in [0.4, 0.5) is 0 Å². The Kier molecular flexibility index (Phi) is 5.77. The predicted molar refractivity (Wildman–Crippen MR) is 87.8 cm³/mol. The van der Waals surface area contributed by atoms with E-state index < -0.39 is 0 Å². The van der Waals surface area contributed by atoms with Gasteiger partial charge in [-0.1, -0.05) is 67.6 Å². The van der Waals surface area contributed by atoms with Crippen molar-refractivity contribution in [1.29, 1.82) is 0 Å². The van der Waals surface area contributed by atoms with Crippen molar-refractivity contribution in [3.63, 3.8) is 0 Å². The van der Waals surface area contributed by atoms with Crippen molar-refractivity contribution in [2.45, 2.75) is 25.8 Å². The van der Waals surface area contributed by atoms with Gasteiger partial charge in [-0.3, -0.25) is 4.79 Å². The highest BCUT2D eigenvalue weighted by molar-refractivity contribution is 5.91. The topological polar surface area (TPSA) is 29.1 Å². The van der Waals surface area contributed by atoms with Gasteiger partial charge in [0.05, 0.1) is 0 Å². The van der Waals surface area contributed by atoms with Crippen LogP contribution in [-0.4, -0.2) is 11.9 Å². The number of benzene rings is 2. The van der Waals surface area contributed by atoms with E-state index in [4.69, 9.17) is 0 Å². The van der Waals surface area contributed by atoms with E-state index in [0.29, 0.717) is 0 Å². The number of carbonyl (C=O) groups excluding carboxylic acids is 1. The molecule has 2 nitrogen and oxygen atoms in total. The van der Waals surface area contributed by atoms with Crippen LogP contribution in [-0.2, 0) is 11.2 Å². The van der Waals surface area contributed by atoms with Crippen LogP contribution in [0.3, 0.4) is 0 Å². The molecule has 2 aromatic carbocycles. The maximum Gasteiger partial charge on any atom is 0.244 e. The minimum atomic E-state index is -0.0402. The van der Waals surface area contributed by atoms with Crippen LogP contribution < -0.4 is 5.32 Å². The van der Waals surface area contributed by atoms with Crippen LogP contribution in [0.15, 0.2) is 66.7 Å². The van der Waals surface area contributed by atoms with Crippen molar-refractivity contribution in [3.05, 3.63) is 77.9 Å². The van der Waals surface area contributed by atoms with Crippen molar-refractivity contribution >= 4 is 12.0 Å². The van der Waals surface area contributed by atoms with Crippen LogP contribution in [0.25, 0.3) is 6.08 Å². The van der Waals surface area contributed by atoms with Gasteiger partial charge in [-0.05, 0) is 30.0 Å². The number of carbonyl (C=O) groups is 1. The first-order valence-electron chi connectivity index (χ1n) is 7.35. The monoisotopic (exact) mass is 279 g/mol. The molecule has 2 aromatic rings. The molecule has 0 aliphatic carbocycles. The Morgan fingerprint density at radius 3 is 2.29 bits per heavy atom. The molecule has 1 amide bonds. The minimum Gasteiger partial charge on any atom is -0.349 e. The number of hydrogen-bond acceptors (Lipinski definition) is 1. The average Bonchev–Trinajstić information content (AvgIpc) is 2.54. The van der Waals surface area contributed by atoms with E-state index in [1.807, 2.05) is 54.6 Å². The SMILES string of the molecule is CCC(Cc1ccccc1)NC(=O)/C=C/c1ccccc1. The lowest BCUT2D eigenvalue weighted by Gasteiger charge is -2.15. The van der Waals surface area contributed by atoms with Gasteiger partial charge in [0.2, 0.25) is 5.91 Å². The molecule has 0 saturated heterocycles. The zero-order chi connectivity index (χ0) is 14.9. The standard InChI is InChI=1S/C19H21NO/c1-2-18(15-17-11-7-4-8-12-17)20-19(21)14-13-16-9-5-3-6-10-16/h3-14,18H,2,15H2,1H3,(H,20,21)/b14-13+. The van der Waals surface area contributed by atoms with Crippen molar-refractivity contribution in [2.75, 3.05) is 0 Å². The molecule has 0 fully saturated rings. The summed E-state index contributed by atoms with van der Waals surface area (Å²) >= 11 is 0. The Balaban J connectivity index is 1.89. The highest BCUT2D eigenvalue weighted by Gasteiger charge is 2.09. The Bertz CT molecular complexity index is 575. The summed E-state index contributed by atoms with van der Waals surface area (Å²) in [5.74, 6) is -0.0402. The lowest BCUT2D eigenvalue weighted by atomic mass is 10.0. The third-order valence-electron chi connectivity index (χ3n) is 3.39. The second kappa shape index (κ2) is 8.05. The first-order chi connectivity index (χ1) is 10.3. The summed E-state index contributed by atoms with van der Waals surface area (Å²) < 4.78 is 0. The maximum atomic E-state index is 12.0. The lowest BCUT2D eigenvalue weighted by molar-refractivity contribution is -0.117. The van der Waals surface area contributed by atoms with E-state index in [0.717, 1.165) is 18.4 Å². The third-order valence-corrected chi connectivity index (χ3v) is 3.39. The first-order valence-corrected chi connectivity index (χ1v) is 7.35. The van der Waals surface area contributed by atoms with E-state index in [1.54, 1.807) is 6.08 Å². The predicted octanol–water partition coefficient (Wildman–Crippen LogP) is 3.84. The molecule has 1 atom stereocenters. The molecule has 0 bridgehead atoms. The average molecular weight is 279 g/mol. The molecule has 0 aliphatic heterocycles. The van der Waals surface area contributed by atoms with Crippen LogP contribution >= 0.6 is 0 Å². The minimum absolute atomic E-state index is 0.0402. The Morgan fingerprint density at radius 2 is 1.67 bits per heavy atom. The Morgan fingerprint density at radius 1 is 1.05 bits per heavy atom. The summed E-state index contributed by atoms with van der Waals surface area (Å²) in [6, 6.07) is 20.2. The third kappa shape index (κ3) is 5.27. The molecule has 2 rings (SSSR count). The van der Waals surface area contributed by atoms with E-state index >= 15 is 0 Å². The molecular weight excluding hydrogens is 258 g/mol. The van der Waals surface area contributed by atoms with Crippen LogP contribution in [0.5, 0.6) is 0 Å². The van der Waals surface area contributed by atoms with Crippen molar-refractivity contribution in [2.24, 2.45) is 0 Å². The highest BCUT2D eigenvalue weighted by atomic mass is 16.1. The molecule has 21 heavy (non-hydrogen) atoms. The fourth-order valence-electron chi connectivity index (χ4n) is 2.18. The number of nitrogens with one attached hydrogen (secondary N) is 1. The molecule has 1 unspecified atom stereocenters. The summed E-state index contributed by atoms with van der Waals surface area (Å²) in [7, 11) is 0. The molecule has 2 heteroatoms. The van der Waals surface area contributed by atoms with Gasteiger partial charge in [0, 0.05) is 12.1 Å². The van der Waals surface area contributed by atoms with Crippen molar-refractivity contribution < 1.29 is 4.79 Å². The second-order valence-corrected chi connectivity index (χ2v) is 5.05. The molecule has 0 aliphatic rings. The van der Waals surface area contributed by atoms with E-state index in [9.17, 15) is 4.79 Å². The highest BCUT2D eigenvalue weighted by Crippen LogP contribution is 2.06. The van der Waals surface area contributed by atoms with Crippen molar-refractivity contribution in [1.82, 2.24) is 5.32 Å². The number of amides is 1. The lowest BCUT2D eigenvalue weighted by Crippen LogP contribution is -2.34. The van der Waals surface area contributed by atoms with Crippen LogP contribution in [0.2, 0.25) is 0 Å². The van der Waals surface area contributed by atoms with Gasteiger partial charge in [0.25, 0.3) is 0 Å². The second-order valence-electron chi connectivity index (χ2n) is 5.05. The fraction of sp³-hybridized carbons (Fsp3) is 0.211. The quantitative estimate of drug-likeness (QED) is 0.800. The van der Waals surface area contributed by atoms with E-state index in [-0.39, 0.29) is 11.9 Å². The Labute approximate surface area is 126 Å². The van der Waals surface area contributed by atoms with E-state index in [2.05, 4.69) is 24.4 Å². The maximum absolute atomic E-state index is 12.0. The van der Waals surface area contributed by atoms with Gasteiger partial charge >= 0.3 is 0 Å². The molecule has 0 radical (unpaired) electrons. The summed E-state index contributed by atoms with van der Waals surface area (Å²) in [6.45, 7) is 2.09. The number of hydrogen-bond donors (Lipinski definition) is 1. The summed E-state index contributed by atoms with van der Waals surface area (Å²) in [5, 5.41) is 3.06. The van der Waals surface area contributed by atoms with Gasteiger partial charge in [-0.15, -0.1) is 0 Å². The van der Waals surface area contributed by atoms with Gasteiger partial charge < -0.3 is 5.32 Å². The zero-order valence-electron chi connectivity index (χ0n) is 12.3.